The second-order valence-corrected chi connectivity index (χ2v) is 4.51. The summed E-state index contributed by atoms with van der Waals surface area (Å²) in [6.07, 6.45) is 3.62. The third kappa shape index (κ3) is 3.80. The summed E-state index contributed by atoms with van der Waals surface area (Å²) in [5, 5.41) is 10.4. The van der Waals surface area contributed by atoms with Crippen molar-refractivity contribution >= 4 is 17.6 Å². The van der Waals surface area contributed by atoms with Crippen LogP contribution in [0, 0.1) is 0 Å². The minimum atomic E-state index is 0.306. The lowest BCUT2D eigenvalue weighted by Crippen LogP contribution is -2.08. The van der Waals surface area contributed by atoms with E-state index in [-0.39, 0.29) is 0 Å². The molecular formula is C13H21N7O. The molecule has 2 N–H and O–H groups in total. The van der Waals surface area contributed by atoms with Crippen molar-refractivity contribution in [3.63, 3.8) is 0 Å². The van der Waals surface area contributed by atoms with E-state index in [1.165, 1.54) is 0 Å². The Morgan fingerprint density at radius 1 is 1.19 bits per heavy atom. The highest BCUT2D eigenvalue weighted by Crippen LogP contribution is 2.19. The SMILES string of the molecule is CCCOc1nc(NC)nc(Nc2cn(C)nc2CC)n1. The summed E-state index contributed by atoms with van der Waals surface area (Å²) in [5.74, 6) is 0.892. The van der Waals surface area contributed by atoms with E-state index < -0.39 is 0 Å². The fourth-order valence-corrected chi connectivity index (χ4v) is 1.80. The smallest absolute Gasteiger partial charge is 0.323 e. The lowest BCUT2D eigenvalue weighted by molar-refractivity contribution is 0.292. The van der Waals surface area contributed by atoms with Crippen molar-refractivity contribution in [1.82, 2.24) is 24.7 Å². The Kier molecular flexibility index (Phi) is 4.91. The molecule has 2 aromatic rings. The Balaban J connectivity index is 2.25. The molecule has 0 fully saturated rings. The second-order valence-electron chi connectivity index (χ2n) is 4.51. The number of nitrogens with one attached hydrogen (secondary N) is 2. The first-order chi connectivity index (χ1) is 10.2. The summed E-state index contributed by atoms with van der Waals surface area (Å²) in [7, 11) is 3.64. The zero-order chi connectivity index (χ0) is 15.2. The molecule has 8 nitrogen and oxygen atoms in total. The van der Waals surface area contributed by atoms with Crippen LogP contribution < -0.4 is 15.4 Å². The van der Waals surface area contributed by atoms with Gasteiger partial charge in [-0.2, -0.15) is 20.1 Å². The van der Waals surface area contributed by atoms with Crippen molar-refractivity contribution < 1.29 is 4.74 Å². The minimum Gasteiger partial charge on any atom is -0.463 e. The van der Waals surface area contributed by atoms with Crippen LogP contribution in [0.15, 0.2) is 6.20 Å². The van der Waals surface area contributed by atoms with Crippen LogP contribution in [0.25, 0.3) is 0 Å². The van der Waals surface area contributed by atoms with Gasteiger partial charge in [-0.25, -0.2) is 0 Å². The van der Waals surface area contributed by atoms with E-state index in [0.29, 0.717) is 24.5 Å². The Hall–Kier alpha value is -2.38. The summed E-state index contributed by atoms with van der Waals surface area (Å²) >= 11 is 0. The van der Waals surface area contributed by atoms with Crippen LogP contribution in [0.5, 0.6) is 6.01 Å². The normalized spacial score (nSPS) is 10.5. The quantitative estimate of drug-likeness (QED) is 0.803. The Morgan fingerprint density at radius 3 is 2.62 bits per heavy atom. The fourth-order valence-electron chi connectivity index (χ4n) is 1.80. The number of aromatic nitrogens is 5. The minimum absolute atomic E-state index is 0.306. The Labute approximate surface area is 124 Å². The molecule has 0 atom stereocenters. The number of nitrogens with zero attached hydrogens (tertiary/aromatic N) is 5. The highest BCUT2D eigenvalue weighted by atomic mass is 16.5. The van der Waals surface area contributed by atoms with Crippen LogP contribution in [-0.4, -0.2) is 38.4 Å². The van der Waals surface area contributed by atoms with Gasteiger partial charge >= 0.3 is 6.01 Å². The molecule has 0 aliphatic rings. The molecule has 0 aromatic carbocycles. The monoisotopic (exact) mass is 291 g/mol. The molecule has 0 spiro atoms. The maximum Gasteiger partial charge on any atom is 0.323 e. The lowest BCUT2D eigenvalue weighted by Gasteiger charge is -2.08. The average molecular weight is 291 g/mol. The topological polar surface area (TPSA) is 89.8 Å². The van der Waals surface area contributed by atoms with E-state index in [1.807, 2.05) is 20.2 Å². The molecule has 0 saturated carbocycles. The number of hydrogen-bond donors (Lipinski definition) is 2. The molecule has 0 aliphatic carbocycles. The van der Waals surface area contributed by atoms with Crippen LogP contribution in [0.2, 0.25) is 0 Å². The third-order valence-electron chi connectivity index (χ3n) is 2.76. The van der Waals surface area contributed by atoms with Crippen LogP contribution >= 0.6 is 0 Å². The number of aryl methyl sites for hydroxylation is 2. The lowest BCUT2D eigenvalue weighted by atomic mass is 10.3. The molecule has 2 rings (SSSR count). The first kappa shape index (κ1) is 15.0. The Morgan fingerprint density at radius 2 is 1.95 bits per heavy atom. The summed E-state index contributed by atoms with van der Waals surface area (Å²) in [6.45, 7) is 4.65. The highest BCUT2D eigenvalue weighted by molar-refractivity contribution is 5.56. The van der Waals surface area contributed by atoms with Gasteiger partial charge in [0.1, 0.15) is 0 Å². The molecule has 0 bridgehead atoms. The fraction of sp³-hybridized carbons (Fsp3) is 0.538. The zero-order valence-electron chi connectivity index (χ0n) is 12.8. The van der Waals surface area contributed by atoms with Gasteiger partial charge in [0.05, 0.1) is 18.0 Å². The molecule has 21 heavy (non-hydrogen) atoms. The van der Waals surface area contributed by atoms with Gasteiger partial charge in [-0.1, -0.05) is 13.8 Å². The summed E-state index contributed by atoms with van der Waals surface area (Å²) in [6, 6.07) is 0.306. The van der Waals surface area contributed by atoms with Crippen molar-refractivity contribution in [2.45, 2.75) is 26.7 Å². The molecule has 0 amide bonds. The molecule has 0 unspecified atom stereocenters. The standard InChI is InChI=1S/C13H21N7O/c1-5-7-21-13-17-11(14-3)16-12(18-13)15-10-8-20(4)19-9(10)6-2/h8H,5-7H2,1-4H3,(H2,14,15,16,17,18). The van der Waals surface area contributed by atoms with E-state index in [4.69, 9.17) is 4.74 Å². The molecule has 2 heterocycles. The average Bonchev–Trinajstić information content (AvgIpc) is 2.84. The maximum atomic E-state index is 5.47. The zero-order valence-corrected chi connectivity index (χ0v) is 12.8. The molecule has 0 radical (unpaired) electrons. The number of hydrogen-bond acceptors (Lipinski definition) is 7. The van der Waals surface area contributed by atoms with Crippen molar-refractivity contribution in [2.24, 2.45) is 7.05 Å². The van der Waals surface area contributed by atoms with Crippen LogP contribution in [0.3, 0.4) is 0 Å². The van der Waals surface area contributed by atoms with Gasteiger partial charge in [0, 0.05) is 20.3 Å². The van der Waals surface area contributed by atoms with Gasteiger partial charge < -0.3 is 15.4 Å². The highest BCUT2D eigenvalue weighted by Gasteiger charge is 2.11. The first-order valence-corrected chi connectivity index (χ1v) is 7.02. The van der Waals surface area contributed by atoms with E-state index in [2.05, 4.69) is 37.6 Å². The molecule has 0 saturated heterocycles. The van der Waals surface area contributed by atoms with Gasteiger partial charge in [-0.05, 0) is 12.8 Å². The predicted octanol–water partition coefficient (Wildman–Crippen LogP) is 1.74. The summed E-state index contributed by atoms with van der Waals surface area (Å²) < 4.78 is 7.23. The summed E-state index contributed by atoms with van der Waals surface area (Å²) in [5.41, 5.74) is 1.84. The second kappa shape index (κ2) is 6.87. The van der Waals surface area contributed by atoms with E-state index in [9.17, 15) is 0 Å². The molecule has 2 aromatic heterocycles. The van der Waals surface area contributed by atoms with Crippen molar-refractivity contribution in [3.05, 3.63) is 11.9 Å². The van der Waals surface area contributed by atoms with E-state index in [0.717, 1.165) is 24.2 Å². The van der Waals surface area contributed by atoms with Gasteiger partial charge in [-0.15, -0.1) is 0 Å². The van der Waals surface area contributed by atoms with Gasteiger partial charge in [0.2, 0.25) is 11.9 Å². The first-order valence-electron chi connectivity index (χ1n) is 7.02. The number of ether oxygens (including phenoxy) is 1. The van der Waals surface area contributed by atoms with Gasteiger partial charge in [-0.3, -0.25) is 4.68 Å². The largest absolute Gasteiger partial charge is 0.463 e. The molecule has 8 heteroatoms. The van der Waals surface area contributed by atoms with Crippen molar-refractivity contribution in [2.75, 3.05) is 24.3 Å². The van der Waals surface area contributed by atoms with Gasteiger partial charge in [0.25, 0.3) is 0 Å². The van der Waals surface area contributed by atoms with Crippen LogP contribution in [0.1, 0.15) is 26.0 Å². The van der Waals surface area contributed by atoms with E-state index in [1.54, 1.807) is 11.7 Å². The number of rotatable bonds is 7. The molecular weight excluding hydrogens is 270 g/mol. The van der Waals surface area contributed by atoms with E-state index >= 15 is 0 Å². The van der Waals surface area contributed by atoms with Gasteiger partial charge in [0.15, 0.2) is 0 Å². The van der Waals surface area contributed by atoms with Crippen molar-refractivity contribution in [3.8, 4) is 6.01 Å². The van der Waals surface area contributed by atoms with Crippen LogP contribution in [0.4, 0.5) is 17.6 Å². The third-order valence-corrected chi connectivity index (χ3v) is 2.76. The Bertz CT molecular complexity index is 596. The molecule has 0 aliphatic heterocycles. The predicted molar refractivity (Wildman–Crippen MR) is 81.0 cm³/mol. The van der Waals surface area contributed by atoms with Crippen molar-refractivity contribution in [1.29, 1.82) is 0 Å². The number of anilines is 3. The van der Waals surface area contributed by atoms with Crippen LogP contribution in [-0.2, 0) is 13.5 Å². The maximum absolute atomic E-state index is 5.47. The molecule has 114 valence electrons. The summed E-state index contributed by atoms with van der Waals surface area (Å²) in [4.78, 5) is 12.7.